The number of aryl methyl sites for hydroxylation is 1. The van der Waals surface area contributed by atoms with E-state index >= 15 is 0 Å². The highest BCUT2D eigenvalue weighted by atomic mass is 79.9. The lowest BCUT2D eigenvalue weighted by atomic mass is 10.3. The van der Waals surface area contributed by atoms with Gasteiger partial charge in [-0.2, -0.15) is 0 Å². The summed E-state index contributed by atoms with van der Waals surface area (Å²) in [6.07, 6.45) is 3.02. The smallest absolute Gasteiger partial charge is 0.191 e. The Morgan fingerprint density at radius 3 is 3.00 bits per heavy atom. The number of thiazole rings is 1. The SMILES string of the molecule is CN=C(NCc1cnc(C)s1)NC1CCN(c2ccccc2Br)C1. The molecule has 0 amide bonds. The van der Waals surface area contributed by atoms with Gasteiger partial charge in [0.15, 0.2) is 5.96 Å². The van der Waals surface area contributed by atoms with Crippen molar-refractivity contribution >= 4 is 38.9 Å². The van der Waals surface area contributed by atoms with E-state index < -0.39 is 0 Å². The third kappa shape index (κ3) is 4.27. The van der Waals surface area contributed by atoms with E-state index in [0.717, 1.165) is 41.5 Å². The standard InChI is InChI=1S/C17H22BrN5S/c1-12-20-9-14(24-12)10-21-17(19-2)22-13-7-8-23(11-13)16-6-4-3-5-15(16)18/h3-6,9,13H,7-8,10-11H2,1-2H3,(H2,19,21,22). The zero-order valence-corrected chi connectivity index (χ0v) is 16.3. The van der Waals surface area contributed by atoms with Gasteiger partial charge < -0.3 is 15.5 Å². The fourth-order valence-electron chi connectivity index (χ4n) is 2.85. The molecular formula is C17H22BrN5S. The van der Waals surface area contributed by atoms with Crippen molar-refractivity contribution in [2.45, 2.75) is 25.9 Å². The van der Waals surface area contributed by atoms with Crippen molar-refractivity contribution in [1.29, 1.82) is 0 Å². The van der Waals surface area contributed by atoms with E-state index in [-0.39, 0.29) is 0 Å². The summed E-state index contributed by atoms with van der Waals surface area (Å²) in [5.41, 5.74) is 1.25. The second kappa shape index (κ2) is 7.98. The van der Waals surface area contributed by atoms with Gasteiger partial charge in [-0.05, 0) is 41.4 Å². The van der Waals surface area contributed by atoms with Crippen molar-refractivity contribution in [3.63, 3.8) is 0 Å². The van der Waals surface area contributed by atoms with E-state index in [1.807, 2.05) is 26.2 Å². The van der Waals surface area contributed by atoms with Crippen LogP contribution in [-0.4, -0.2) is 37.1 Å². The number of aliphatic imine (C=N–C) groups is 1. The third-order valence-corrected chi connectivity index (χ3v) is 5.63. The number of nitrogens with one attached hydrogen (secondary N) is 2. The van der Waals surface area contributed by atoms with Crippen molar-refractivity contribution in [2.24, 2.45) is 4.99 Å². The number of hydrogen-bond donors (Lipinski definition) is 2. The summed E-state index contributed by atoms with van der Waals surface area (Å²) in [7, 11) is 1.81. The lowest BCUT2D eigenvalue weighted by Crippen LogP contribution is -2.44. The van der Waals surface area contributed by atoms with Crippen molar-refractivity contribution in [1.82, 2.24) is 15.6 Å². The number of para-hydroxylation sites is 1. The first kappa shape index (κ1) is 17.2. The third-order valence-electron chi connectivity index (χ3n) is 4.05. The molecule has 128 valence electrons. The Kier molecular flexibility index (Phi) is 5.73. The Morgan fingerprint density at radius 1 is 1.46 bits per heavy atom. The minimum atomic E-state index is 0.395. The Balaban J connectivity index is 1.53. The van der Waals surface area contributed by atoms with Crippen LogP contribution in [0.2, 0.25) is 0 Å². The van der Waals surface area contributed by atoms with Crippen molar-refractivity contribution < 1.29 is 0 Å². The number of nitrogens with zero attached hydrogens (tertiary/aromatic N) is 3. The maximum atomic E-state index is 4.34. The molecule has 2 aromatic rings. The number of aromatic nitrogens is 1. The highest BCUT2D eigenvalue weighted by molar-refractivity contribution is 9.10. The first-order chi connectivity index (χ1) is 11.7. The summed E-state index contributed by atoms with van der Waals surface area (Å²) >= 11 is 5.35. The van der Waals surface area contributed by atoms with Gasteiger partial charge in [-0.15, -0.1) is 11.3 Å². The maximum Gasteiger partial charge on any atom is 0.191 e. The Bertz CT molecular complexity index is 715. The van der Waals surface area contributed by atoms with Crippen LogP contribution >= 0.6 is 27.3 Å². The van der Waals surface area contributed by atoms with Gasteiger partial charge in [0.1, 0.15) is 0 Å². The van der Waals surface area contributed by atoms with E-state index in [2.05, 4.69) is 59.6 Å². The lowest BCUT2D eigenvalue weighted by molar-refractivity contribution is 0.649. The summed E-state index contributed by atoms with van der Waals surface area (Å²) in [6.45, 7) is 4.80. The van der Waals surface area contributed by atoms with Crippen molar-refractivity contribution in [3.05, 3.63) is 44.8 Å². The van der Waals surface area contributed by atoms with E-state index in [0.29, 0.717) is 6.04 Å². The molecule has 1 unspecified atom stereocenters. The molecule has 3 rings (SSSR count). The molecule has 0 radical (unpaired) electrons. The monoisotopic (exact) mass is 407 g/mol. The molecule has 5 nitrogen and oxygen atoms in total. The van der Waals surface area contributed by atoms with Crippen LogP contribution in [0, 0.1) is 6.92 Å². The normalized spacial score (nSPS) is 18.0. The Morgan fingerprint density at radius 2 is 2.29 bits per heavy atom. The zero-order chi connectivity index (χ0) is 16.9. The molecule has 0 aliphatic carbocycles. The molecule has 0 spiro atoms. The molecule has 24 heavy (non-hydrogen) atoms. The molecular weight excluding hydrogens is 386 g/mol. The number of rotatable bonds is 4. The van der Waals surface area contributed by atoms with Gasteiger partial charge in [0.25, 0.3) is 0 Å². The van der Waals surface area contributed by atoms with Gasteiger partial charge >= 0.3 is 0 Å². The van der Waals surface area contributed by atoms with Gasteiger partial charge in [-0.25, -0.2) is 4.98 Å². The van der Waals surface area contributed by atoms with E-state index in [1.54, 1.807) is 11.3 Å². The second-order valence-corrected chi connectivity index (χ2v) is 7.97. The Labute approximate surface area is 155 Å². The predicted octanol–water partition coefficient (Wildman–Crippen LogP) is 3.16. The van der Waals surface area contributed by atoms with Crippen molar-refractivity contribution in [2.75, 3.05) is 25.0 Å². The average molecular weight is 408 g/mol. The van der Waals surface area contributed by atoms with E-state index in [1.165, 1.54) is 10.6 Å². The highest BCUT2D eigenvalue weighted by Crippen LogP contribution is 2.28. The van der Waals surface area contributed by atoms with Gasteiger partial charge in [-0.3, -0.25) is 4.99 Å². The summed E-state index contributed by atoms with van der Waals surface area (Å²) in [4.78, 5) is 12.2. The van der Waals surface area contributed by atoms with Crippen LogP contribution in [0.4, 0.5) is 5.69 Å². The van der Waals surface area contributed by atoms with Gasteiger partial charge in [0.05, 0.1) is 17.2 Å². The molecule has 2 N–H and O–H groups in total. The molecule has 1 aromatic heterocycles. The largest absolute Gasteiger partial charge is 0.368 e. The Hall–Kier alpha value is -1.60. The quantitative estimate of drug-likeness (QED) is 0.603. The van der Waals surface area contributed by atoms with Gasteiger partial charge in [0.2, 0.25) is 0 Å². The molecule has 7 heteroatoms. The molecule has 1 atom stereocenters. The van der Waals surface area contributed by atoms with Crippen LogP contribution in [0.15, 0.2) is 39.9 Å². The van der Waals surface area contributed by atoms with Crippen LogP contribution in [0.5, 0.6) is 0 Å². The van der Waals surface area contributed by atoms with Gasteiger partial charge in [-0.1, -0.05) is 12.1 Å². The molecule has 1 saturated heterocycles. The number of anilines is 1. The molecule has 1 aliphatic rings. The molecule has 0 bridgehead atoms. The van der Waals surface area contributed by atoms with Crippen LogP contribution in [-0.2, 0) is 6.54 Å². The maximum absolute atomic E-state index is 4.34. The topological polar surface area (TPSA) is 52.6 Å². The highest BCUT2D eigenvalue weighted by Gasteiger charge is 2.24. The first-order valence-corrected chi connectivity index (χ1v) is 9.64. The summed E-state index contributed by atoms with van der Waals surface area (Å²) in [5.74, 6) is 0.847. The number of hydrogen-bond acceptors (Lipinski definition) is 4. The molecule has 1 aliphatic heterocycles. The fourth-order valence-corrected chi connectivity index (χ4v) is 4.12. The summed E-state index contributed by atoms with van der Waals surface area (Å²) in [5, 5.41) is 7.99. The van der Waals surface area contributed by atoms with Crippen LogP contribution in [0.3, 0.4) is 0 Å². The van der Waals surface area contributed by atoms with Gasteiger partial charge in [0, 0.05) is 41.7 Å². The average Bonchev–Trinajstić information content (AvgIpc) is 3.21. The van der Waals surface area contributed by atoms with E-state index in [4.69, 9.17) is 0 Å². The number of benzene rings is 1. The van der Waals surface area contributed by atoms with Crippen LogP contribution < -0.4 is 15.5 Å². The minimum absolute atomic E-state index is 0.395. The first-order valence-electron chi connectivity index (χ1n) is 8.03. The zero-order valence-electron chi connectivity index (χ0n) is 13.9. The molecule has 1 aromatic carbocycles. The van der Waals surface area contributed by atoms with E-state index in [9.17, 15) is 0 Å². The van der Waals surface area contributed by atoms with Crippen LogP contribution in [0.25, 0.3) is 0 Å². The number of halogens is 1. The summed E-state index contributed by atoms with van der Waals surface area (Å²) in [6, 6.07) is 8.77. The summed E-state index contributed by atoms with van der Waals surface area (Å²) < 4.78 is 1.15. The van der Waals surface area contributed by atoms with Crippen LogP contribution in [0.1, 0.15) is 16.3 Å². The van der Waals surface area contributed by atoms with Crippen molar-refractivity contribution in [3.8, 4) is 0 Å². The molecule has 1 fully saturated rings. The molecule has 2 heterocycles. The number of guanidine groups is 1. The minimum Gasteiger partial charge on any atom is -0.368 e. The molecule has 0 saturated carbocycles. The second-order valence-electron chi connectivity index (χ2n) is 5.80. The fraction of sp³-hybridized carbons (Fsp3) is 0.412. The lowest BCUT2D eigenvalue weighted by Gasteiger charge is -2.21. The predicted molar refractivity (Wildman–Crippen MR) is 105 cm³/mol.